The topological polar surface area (TPSA) is 3.88 Å². The summed E-state index contributed by atoms with van der Waals surface area (Å²) < 4.78 is 2.25. The third kappa shape index (κ3) is 2.80. The molecule has 1 heteroatoms. The highest BCUT2D eigenvalue weighted by molar-refractivity contribution is 5.69. The van der Waals surface area contributed by atoms with Crippen molar-refractivity contribution < 1.29 is 4.57 Å². The van der Waals surface area contributed by atoms with Crippen molar-refractivity contribution in [2.24, 2.45) is 7.05 Å². The Morgan fingerprint density at radius 1 is 0.591 bits per heavy atom. The molecule has 1 heterocycles. The van der Waals surface area contributed by atoms with Gasteiger partial charge >= 0.3 is 0 Å². The lowest BCUT2D eigenvalue weighted by atomic mass is 10.0. The highest BCUT2D eigenvalue weighted by Gasteiger charge is 2.15. The number of benzene rings is 2. The van der Waals surface area contributed by atoms with E-state index < -0.39 is 0 Å². The lowest BCUT2D eigenvalue weighted by molar-refractivity contribution is -0.666. The van der Waals surface area contributed by atoms with Crippen molar-refractivity contribution in [2.45, 2.75) is 20.8 Å². The second-order valence-corrected chi connectivity index (χ2v) is 6.06. The maximum Gasteiger partial charge on any atom is 0.213 e. The Kier molecular flexibility index (Phi) is 3.81. The summed E-state index contributed by atoms with van der Waals surface area (Å²) in [7, 11) is 2.13. The van der Waals surface area contributed by atoms with E-state index in [4.69, 9.17) is 0 Å². The minimum atomic E-state index is 1.25. The molecule has 1 aromatic heterocycles. The molecule has 0 amide bonds. The van der Waals surface area contributed by atoms with Gasteiger partial charge in [-0.1, -0.05) is 47.5 Å². The van der Waals surface area contributed by atoms with E-state index in [1.807, 2.05) is 0 Å². The Bertz CT molecular complexity index is 797. The van der Waals surface area contributed by atoms with Crippen LogP contribution in [0.1, 0.15) is 16.8 Å². The molecule has 0 spiro atoms. The van der Waals surface area contributed by atoms with Crippen LogP contribution >= 0.6 is 0 Å². The molecule has 0 unspecified atom stereocenters. The zero-order chi connectivity index (χ0) is 15.7. The number of hydrogen-bond acceptors (Lipinski definition) is 0. The minimum Gasteiger partial charge on any atom is -0.199 e. The molecule has 0 radical (unpaired) electrons. The maximum atomic E-state index is 2.28. The lowest BCUT2D eigenvalue weighted by Crippen LogP contribution is -2.34. The minimum absolute atomic E-state index is 1.25. The summed E-state index contributed by atoms with van der Waals surface area (Å²) in [6.07, 6.45) is 0. The largest absolute Gasteiger partial charge is 0.213 e. The summed E-state index contributed by atoms with van der Waals surface area (Å²) in [6, 6.07) is 22.0. The van der Waals surface area contributed by atoms with Crippen molar-refractivity contribution in [1.29, 1.82) is 0 Å². The quantitative estimate of drug-likeness (QED) is 0.598. The molecule has 0 aliphatic rings. The van der Waals surface area contributed by atoms with E-state index in [1.165, 1.54) is 39.2 Å². The number of nitrogens with zero attached hydrogens (tertiary/aromatic N) is 1. The smallest absolute Gasteiger partial charge is 0.199 e. The van der Waals surface area contributed by atoms with E-state index in [1.54, 1.807) is 0 Å². The van der Waals surface area contributed by atoms with Crippen LogP contribution in [0.4, 0.5) is 0 Å². The van der Waals surface area contributed by atoms with E-state index in [9.17, 15) is 0 Å². The van der Waals surface area contributed by atoms with Crippen molar-refractivity contribution in [3.63, 3.8) is 0 Å². The summed E-state index contributed by atoms with van der Waals surface area (Å²) in [5.74, 6) is 0. The first-order chi connectivity index (χ1) is 10.5. The molecule has 0 aliphatic heterocycles. The molecule has 2 aromatic carbocycles. The molecule has 0 N–H and O–H groups in total. The number of aromatic nitrogens is 1. The fraction of sp³-hybridized carbons (Fsp3) is 0.190. The molecule has 0 bridgehead atoms. The van der Waals surface area contributed by atoms with Gasteiger partial charge in [0.25, 0.3) is 0 Å². The van der Waals surface area contributed by atoms with Gasteiger partial charge in [-0.3, -0.25) is 0 Å². The zero-order valence-electron chi connectivity index (χ0n) is 13.7. The maximum absolute atomic E-state index is 2.28. The summed E-state index contributed by atoms with van der Waals surface area (Å²) in [4.78, 5) is 0. The van der Waals surface area contributed by atoms with Crippen molar-refractivity contribution in [3.05, 3.63) is 77.5 Å². The van der Waals surface area contributed by atoms with Gasteiger partial charge in [0.15, 0.2) is 5.69 Å². The Hall–Kier alpha value is -2.41. The Balaban J connectivity index is 2.14. The van der Waals surface area contributed by atoms with Crippen LogP contribution in [-0.4, -0.2) is 0 Å². The van der Waals surface area contributed by atoms with Crippen LogP contribution < -0.4 is 4.57 Å². The molecule has 0 fully saturated rings. The SMILES string of the molecule is Cc1ccc(-c2cc(C)[n+](C)c(-c3ccc(C)cc3)c2)cc1. The van der Waals surface area contributed by atoms with Crippen LogP contribution in [0.3, 0.4) is 0 Å². The predicted octanol–water partition coefficient (Wildman–Crippen LogP) is 4.77. The van der Waals surface area contributed by atoms with Crippen LogP contribution in [0.2, 0.25) is 0 Å². The fourth-order valence-corrected chi connectivity index (χ4v) is 2.71. The highest BCUT2D eigenvalue weighted by Crippen LogP contribution is 2.25. The molecular weight excluding hydrogens is 266 g/mol. The van der Waals surface area contributed by atoms with Gasteiger partial charge in [0, 0.05) is 24.6 Å². The average Bonchev–Trinajstić information content (AvgIpc) is 2.52. The normalized spacial score (nSPS) is 10.7. The van der Waals surface area contributed by atoms with Crippen LogP contribution in [0.25, 0.3) is 22.4 Å². The molecule has 0 aliphatic carbocycles. The number of aryl methyl sites for hydroxylation is 3. The molecule has 3 rings (SSSR count). The van der Waals surface area contributed by atoms with Crippen molar-refractivity contribution >= 4 is 0 Å². The molecule has 0 saturated carbocycles. The third-order valence-corrected chi connectivity index (χ3v) is 4.28. The summed E-state index contributed by atoms with van der Waals surface area (Å²) >= 11 is 0. The van der Waals surface area contributed by atoms with Crippen LogP contribution in [0, 0.1) is 20.8 Å². The van der Waals surface area contributed by atoms with Gasteiger partial charge in [0.2, 0.25) is 5.69 Å². The van der Waals surface area contributed by atoms with Crippen molar-refractivity contribution in [1.82, 2.24) is 0 Å². The number of rotatable bonds is 2. The van der Waals surface area contributed by atoms with Gasteiger partial charge in [0.1, 0.15) is 7.05 Å². The first-order valence-corrected chi connectivity index (χ1v) is 7.69. The molecule has 110 valence electrons. The monoisotopic (exact) mass is 288 g/mol. The van der Waals surface area contributed by atoms with Crippen LogP contribution in [0.5, 0.6) is 0 Å². The van der Waals surface area contributed by atoms with Gasteiger partial charge < -0.3 is 0 Å². The van der Waals surface area contributed by atoms with E-state index in [2.05, 4.69) is 93.0 Å². The predicted molar refractivity (Wildman–Crippen MR) is 92.7 cm³/mol. The van der Waals surface area contributed by atoms with Gasteiger partial charge in [-0.25, -0.2) is 0 Å². The average molecular weight is 288 g/mol. The standard InChI is InChI=1S/C21H22N/c1-15-5-9-18(10-6-15)20-13-17(3)22(4)21(14-20)19-11-7-16(2)8-12-19/h5-14H,1-4H3/q+1. The lowest BCUT2D eigenvalue weighted by Gasteiger charge is -2.08. The summed E-state index contributed by atoms with van der Waals surface area (Å²) in [5, 5.41) is 0. The first kappa shape index (κ1) is 14.5. The van der Waals surface area contributed by atoms with Crippen molar-refractivity contribution in [2.75, 3.05) is 0 Å². The molecule has 3 aromatic rings. The Morgan fingerprint density at radius 2 is 1.09 bits per heavy atom. The van der Waals surface area contributed by atoms with Crippen LogP contribution in [-0.2, 0) is 7.05 Å². The van der Waals surface area contributed by atoms with E-state index in [0.717, 1.165) is 0 Å². The molecule has 0 saturated heterocycles. The Morgan fingerprint density at radius 3 is 1.64 bits per heavy atom. The zero-order valence-corrected chi connectivity index (χ0v) is 13.7. The second kappa shape index (κ2) is 5.76. The van der Waals surface area contributed by atoms with Gasteiger partial charge in [-0.2, -0.15) is 4.57 Å². The van der Waals surface area contributed by atoms with Gasteiger partial charge in [0.05, 0.1) is 0 Å². The van der Waals surface area contributed by atoms with E-state index in [-0.39, 0.29) is 0 Å². The summed E-state index contributed by atoms with van der Waals surface area (Å²) in [6.45, 7) is 6.41. The van der Waals surface area contributed by atoms with E-state index >= 15 is 0 Å². The van der Waals surface area contributed by atoms with E-state index in [0.29, 0.717) is 0 Å². The molecule has 22 heavy (non-hydrogen) atoms. The van der Waals surface area contributed by atoms with Gasteiger partial charge in [-0.15, -0.1) is 0 Å². The molecular formula is C21H22N+. The second-order valence-electron chi connectivity index (χ2n) is 6.06. The van der Waals surface area contributed by atoms with Crippen LogP contribution in [0.15, 0.2) is 60.7 Å². The fourth-order valence-electron chi connectivity index (χ4n) is 2.71. The highest BCUT2D eigenvalue weighted by atomic mass is 14.9. The van der Waals surface area contributed by atoms with Crippen molar-refractivity contribution in [3.8, 4) is 22.4 Å². The number of pyridine rings is 1. The Labute approximate surface area is 132 Å². The van der Waals surface area contributed by atoms with Gasteiger partial charge in [-0.05, 0) is 37.1 Å². The number of hydrogen-bond donors (Lipinski definition) is 0. The third-order valence-electron chi connectivity index (χ3n) is 4.28. The summed E-state index contributed by atoms with van der Waals surface area (Å²) in [5.41, 5.74) is 8.88. The molecule has 1 nitrogen and oxygen atoms in total. The first-order valence-electron chi connectivity index (χ1n) is 7.69. The molecule has 0 atom stereocenters.